The summed E-state index contributed by atoms with van der Waals surface area (Å²) in [4.78, 5) is 11.7. The van der Waals surface area contributed by atoms with Crippen LogP contribution in [0.25, 0.3) is 0 Å². The summed E-state index contributed by atoms with van der Waals surface area (Å²) >= 11 is 0. The molecule has 0 unspecified atom stereocenters. The highest BCUT2D eigenvalue weighted by Crippen LogP contribution is 2.21. The third kappa shape index (κ3) is 4.79. The fourth-order valence-electron chi connectivity index (χ4n) is 1.83. The molecule has 0 saturated heterocycles. The highest BCUT2D eigenvalue weighted by Gasteiger charge is 2.23. The number of allylic oxidation sites excluding steroid dienone is 1. The van der Waals surface area contributed by atoms with Crippen molar-refractivity contribution in [3.05, 3.63) is 11.6 Å². The van der Waals surface area contributed by atoms with Crippen LogP contribution >= 0.6 is 0 Å². The number of ether oxygens (including phenoxy) is 1. The second kappa shape index (κ2) is 5.48. The SMILES string of the molecule is CC(C)(C)OC(=O)[C@@H](N)CC1=CCCCC1. The Balaban J connectivity index is 2.42. The fraction of sp³-hybridized carbons (Fsp3) is 0.769. The lowest BCUT2D eigenvalue weighted by Gasteiger charge is -2.23. The summed E-state index contributed by atoms with van der Waals surface area (Å²) in [7, 11) is 0. The smallest absolute Gasteiger partial charge is 0.323 e. The molecular weight excluding hydrogens is 202 g/mol. The largest absolute Gasteiger partial charge is 0.459 e. The van der Waals surface area contributed by atoms with Gasteiger partial charge in [-0.25, -0.2) is 0 Å². The Morgan fingerprint density at radius 3 is 2.69 bits per heavy atom. The summed E-state index contributed by atoms with van der Waals surface area (Å²) < 4.78 is 5.25. The first-order valence-corrected chi connectivity index (χ1v) is 6.05. The molecule has 1 rings (SSSR count). The first kappa shape index (κ1) is 13.2. The van der Waals surface area contributed by atoms with Crippen molar-refractivity contribution < 1.29 is 9.53 Å². The number of nitrogens with two attached hydrogens (primary N) is 1. The molecule has 1 aliphatic rings. The monoisotopic (exact) mass is 225 g/mol. The van der Waals surface area contributed by atoms with Crippen molar-refractivity contribution in [3.63, 3.8) is 0 Å². The molecule has 0 heterocycles. The first-order chi connectivity index (χ1) is 7.38. The van der Waals surface area contributed by atoms with Crippen molar-refractivity contribution in [2.24, 2.45) is 5.73 Å². The molecule has 2 N–H and O–H groups in total. The van der Waals surface area contributed by atoms with Gasteiger partial charge in [-0.3, -0.25) is 4.79 Å². The number of carbonyl (C=O) groups excluding carboxylic acids is 1. The summed E-state index contributed by atoms with van der Waals surface area (Å²) in [6.45, 7) is 5.58. The summed E-state index contributed by atoms with van der Waals surface area (Å²) in [6.07, 6.45) is 7.54. The van der Waals surface area contributed by atoms with E-state index in [1.165, 1.54) is 18.4 Å². The zero-order valence-corrected chi connectivity index (χ0v) is 10.6. The van der Waals surface area contributed by atoms with Crippen molar-refractivity contribution in [2.75, 3.05) is 0 Å². The topological polar surface area (TPSA) is 52.3 Å². The van der Waals surface area contributed by atoms with Gasteiger partial charge in [-0.1, -0.05) is 11.6 Å². The highest BCUT2D eigenvalue weighted by molar-refractivity contribution is 5.76. The van der Waals surface area contributed by atoms with E-state index in [9.17, 15) is 4.79 Å². The van der Waals surface area contributed by atoms with Crippen LogP contribution in [0.4, 0.5) is 0 Å². The summed E-state index contributed by atoms with van der Waals surface area (Å²) in [6, 6.07) is -0.511. The van der Waals surface area contributed by atoms with Crippen molar-refractivity contribution >= 4 is 5.97 Å². The van der Waals surface area contributed by atoms with E-state index in [-0.39, 0.29) is 5.97 Å². The van der Waals surface area contributed by atoms with Gasteiger partial charge in [0.05, 0.1) is 0 Å². The van der Waals surface area contributed by atoms with Gasteiger partial charge < -0.3 is 10.5 Å². The first-order valence-electron chi connectivity index (χ1n) is 6.05. The Morgan fingerprint density at radius 2 is 2.19 bits per heavy atom. The van der Waals surface area contributed by atoms with Gasteiger partial charge in [0.1, 0.15) is 11.6 Å². The van der Waals surface area contributed by atoms with Crippen molar-refractivity contribution in [1.82, 2.24) is 0 Å². The Bertz CT molecular complexity index is 276. The predicted octanol–water partition coefficient (Wildman–Crippen LogP) is 2.55. The Hall–Kier alpha value is -0.830. The highest BCUT2D eigenvalue weighted by atomic mass is 16.6. The fourth-order valence-corrected chi connectivity index (χ4v) is 1.83. The standard InChI is InChI=1S/C13H23NO2/c1-13(2,3)16-12(15)11(14)9-10-7-5-4-6-8-10/h7,11H,4-6,8-9,14H2,1-3H3/t11-/m0/s1. The Kier molecular flexibility index (Phi) is 4.54. The van der Waals surface area contributed by atoms with Crippen LogP contribution in [-0.4, -0.2) is 17.6 Å². The van der Waals surface area contributed by atoms with Crippen LogP contribution in [0.3, 0.4) is 0 Å². The van der Waals surface area contributed by atoms with Gasteiger partial charge in [0.2, 0.25) is 0 Å². The number of rotatable bonds is 3. The van der Waals surface area contributed by atoms with Crippen LogP contribution in [0.2, 0.25) is 0 Å². The van der Waals surface area contributed by atoms with E-state index in [4.69, 9.17) is 10.5 Å². The molecule has 0 aliphatic heterocycles. The van der Waals surface area contributed by atoms with Crippen LogP contribution in [0, 0.1) is 0 Å². The molecule has 0 bridgehead atoms. The second-order valence-electron chi connectivity index (χ2n) is 5.45. The normalized spacial score (nSPS) is 18.9. The van der Waals surface area contributed by atoms with Crippen LogP contribution < -0.4 is 5.73 Å². The third-order valence-corrected chi connectivity index (χ3v) is 2.58. The summed E-state index contributed by atoms with van der Waals surface area (Å²) in [5.74, 6) is -0.293. The van der Waals surface area contributed by atoms with Crippen molar-refractivity contribution in [1.29, 1.82) is 0 Å². The second-order valence-corrected chi connectivity index (χ2v) is 5.45. The molecule has 16 heavy (non-hydrogen) atoms. The molecule has 92 valence electrons. The number of hydrogen-bond acceptors (Lipinski definition) is 3. The molecule has 3 nitrogen and oxygen atoms in total. The lowest BCUT2D eigenvalue weighted by Crippen LogP contribution is -2.37. The zero-order chi connectivity index (χ0) is 12.2. The Labute approximate surface area is 98.0 Å². The maximum atomic E-state index is 11.7. The van der Waals surface area contributed by atoms with Gasteiger partial charge in [-0.15, -0.1) is 0 Å². The molecule has 0 spiro atoms. The van der Waals surface area contributed by atoms with Crippen LogP contribution in [0.1, 0.15) is 52.9 Å². The lowest BCUT2D eigenvalue weighted by atomic mass is 9.94. The van der Waals surface area contributed by atoms with E-state index in [1.807, 2.05) is 20.8 Å². The number of hydrogen-bond donors (Lipinski definition) is 1. The minimum Gasteiger partial charge on any atom is -0.459 e. The molecule has 0 aromatic rings. The van der Waals surface area contributed by atoms with Crippen molar-refractivity contribution in [3.8, 4) is 0 Å². The van der Waals surface area contributed by atoms with E-state index in [2.05, 4.69) is 6.08 Å². The van der Waals surface area contributed by atoms with Crippen molar-refractivity contribution in [2.45, 2.75) is 64.5 Å². The number of carbonyl (C=O) groups is 1. The summed E-state index contributed by atoms with van der Waals surface area (Å²) in [5.41, 5.74) is 6.70. The zero-order valence-electron chi connectivity index (χ0n) is 10.6. The quantitative estimate of drug-likeness (QED) is 0.593. The van der Waals surface area contributed by atoms with E-state index >= 15 is 0 Å². The van der Waals surface area contributed by atoms with Crippen LogP contribution in [0.5, 0.6) is 0 Å². The van der Waals surface area contributed by atoms with Gasteiger partial charge in [0.25, 0.3) is 0 Å². The van der Waals surface area contributed by atoms with E-state index < -0.39 is 11.6 Å². The minimum absolute atomic E-state index is 0.293. The van der Waals surface area contributed by atoms with Gasteiger partial charge in [0.15, 0.2) is 0 Å². The average Bonchev–Trinajstić information content (AvgIpc) is 2.16. The molecule has 0 aromatic heterocycles. The molecular formula is C13H23NO2. The van der Waals surface area contributed by atoms with Gasteiger partial charge in [-0.2, -0.15) is 0 Å². The van der Waals surface area contributed by atoms with E-state index in [0.29, 0.717) is 6.42 Å². The molecule has 0 aromatic carbocycles. The van der Waals surface area contributed by atoms with Gasteiger partial charge >= 0.3 is 5.97 Å². The molecule has 1 atom stereocenters. The van der Waals surface area contributed by atoms with E-state index in [0.717, 1.165) is 12.8 Å². The van der Waals surface area contributed by atoms with Crippen LogP contribution in [0.15, 0.2) is 11.6 Å². The Morgan fingerprint density at radius 1 is 1.50 bits per heavy atom. The lowest BCUT2D eigenvalue weighted by molar-refractivity contribution is -0.156. The predicted molar refractivity (Wildman–Crippen MR) is 65.0 cm³/mol. The van der Waals surface area contributed by atoms with E-state index in [1.54, 1.807) is 0 Å². The molecule has 0 fully saturated rings. The van der Waals surface area contributed by atoms with Gasteiger partial charge in [0, 0.05) is 0 Å². The third-order valence-electron chi connectivity index (χ3n) is 2.58. The maximum absolute atomic E-state index is 11.7. The van der Waals surface area contributed by atoms with Gasteiger partial charge in [-0.05, 0) is 52.9 Å². The van der Waals surface area contributed by atoms with Crippen LogP contribution in [-0.2, 0) is 9.53 Å². The molecule has 0 saturated carbocycles. The number of esters is 1. The molecule has 1 aliphatic carbocycles. The maximum Gasteiger partial charge on any atom is 0.323 e. The molecule has 0 amide bonds. The molecule has 0 radical (unpaired) electrons. The molecule has 3 heteroatoms. The average molecular weight is 225 g/mol. The minimum atomic E-state index is -0.511. The summed E-state index contributed by atoms with van der Waals surface area (Å²) in [5, 5.41) is 0.